The van der Waals surface area contributed by atoms with Gasteiger partial charge in [0.05, 0.1) is 18.6 Å². The minimum absolute atomic E-state index is 0.0949. The van der Waals surface area contributed by atoms with E-state index >= 15 is 0 Å². The molecule has 8 atom stereocenters. The molecule has 2 aliphatic heterocycles. The fourth-order valence-corrected chi connectivity index (χ4v) is 5.17. The van der Waals surface area contributed by atoms with Gasteiger partial charge in [-0.25, -0.2) is 9.59 Å². The first-order chi connectivity index (χ1) is 12.6. The predicted octanol–water partition coefficient (Wildman–Crippen LogP) is 0.908. The second-order valence-electron chi connectivity index (χ2n) is 8.26. The Morgan fingerprint density at radius 2 is 2.15 bits per heavy atom. The van der Waals surface area contributed by atoms with Crippen LogP contribution in [0.1, 0.15) is 19.8 Å². The first kappa shape index (κ1) is 19.4. The monoisotopic (exact) mass is 490 g/mol. The number of carbonyl (C=O) groups is 2. The molecule has 1 spiro atoms. The maximum absolute atomic E-state index is 12.5. The van der Waals surface area contributed by atoms with E-state index < -0.39 is 47.4 Å². The maximum atomic E-state index is 12.5. The molecule has 0 unspecified atom stereocenters. The molecule has 4 fully saturated rings. The topological polar surface area (TPSA) is 106 Å². The van der Waals surface area contributed by atoms with Gasteiger partial charge < -0.3 is 24.4 Å². The Hall–Kier alpha value is -0.970. The van der Waals surface area contributed by atoms with Gasteiger partial charge in [-0.05, 0) is 19.3 Å². The first-order valence-corrected chi connectivity index (χ1v) is 10.5. The molecule has 2 saturated heterocycles. The lowest BCUT2D eigenvalue weighted by Crippen LogP contribution is -2.45. The van der Waals surface area contributed by atoms with E-state index in [2.05, 4.69) is 13.2 Å². The Morgan fingerprint density at radius 1 is 1.48 bits per heavy atom. The van der Waals surface area contributed by atoms with Crippen LogP contribution in [0.5, 0.6) is 0 Å². The fourth-order valence-electron chi connectivity index (χ4n) is 4.86. The van der Waals surface area contributed by atoms with E-state index in [0.29, 0.717) is 19.4 Å². The summed E-state index contributed by atoms with van der Waals surface area (Å²) in [6, 6.07) is 0. The van der Waals surface area contributed by atoms with Crippen LogP contribution in [0.4, 0.5) is 0 Å². The molecule has 2 aliphatic carbocycles. The third-order valence-corrected chi connectivity index (χ3v) is 7.96. The van der Waals surface area contributed by atoms with Crippen LogP contribution in [-0.4, -0.2) is 62.7 Å². The molecule has 2 N–H and O–H groups in total. The van der Waals surface area contributed by atoms with Gasteiger partial charge in [-0.2, -0.15) is 0 Å². The molecule has 0 aromatic carbocycles. The number of fused-ring (bicyclic) bond motifs is 4. The van der Waals surface area contributed by atoms with Gasteiger partial charge in [0.25, 0.3) is 0 Å². The van der Waals surface area contributed by atoms with Crippen molar-refractivity contribution in [1.29, 1.82) is 0 Å². The molecule has 0 radical (unpaired) electrons. The zero-order chi connectivity index (χ0) is 19.7. The lowest BCUT2D eigenvalue weighted by molar-refractivity contribution is -0.170. The quantitative estimate of drug-likeness (QED) is 0.151. The van der Waals surface area contributed by atoms with Crippen molar-refractivity contribution in [2.45, 2.75) is 49.3 Å². The standard InChI is InChI=1S/C19H23IO7/c1-8-4-11(26-17(23)18(3,24)6-20)13-9(2)16(22)27-15(13)14-10(8)5-12(21)19(14)7-25-19/h10-15,21,24H,1-2,4-7H2,3H3/t10-,11-,12-,13+,14-,15-,18+,19+/m0/s1. The second kappa shape index (κ2) is 6.27. The normalized spacial score (nSPS) is 45.0. The van der Waals surface area contributed by atoms with Gasteiger partial charge in [0, 0.05) is 22.3 Å². The van der Waals surface area contributed by atoms with Gasteiger partial charge in [0.2, 0.25) is 0 Å². The Labute approximate surface area is 170 Å². The van der Waals surface area contributed by atoms with Crippen LogP contribution >= 0.6 is 22.6 Å². The van der Waals surface area contributed by atoms with E-state index in [1.54, 1.807) is 0 Å². The molecule has 4 aliphatic rings. The van der Waals surface area contributed by atoms with Crippen molar-refractivity contribution < 1.29 is 34.0 Å². The lowest BCUT2D eigenvalue weighted by Gasteiger charge is -2.31. The Bertz CT molecular complexity index is 726. The second-order valence-corrected chi connectivity index (χ2v) is 9.02. The van der Waals surface area contributed by atoms with Gasteiger partial charge in [-0.3, -0.25) is 0 Å². The Balaban J connectivity index is 1.69. The first-order valence-electron chi connectivity index (χ1n) is 9.01. The molecule has 2 saturated carbocycles. The number of epoxide rings is 1. The molecular weight excluding hydrogens is 467 g/mol. The molecular formula is C19H23IO7. The highest BCUT2D eigenvalue weighted by atomic mass is 127. The van der Waals surface area contributed by atoms with Crippen LogP contribution in [-0.2, 0) is 23.8 Å². The lowest BCUT2D eigenvalue weighted by atomic mass is 9.78. The number of carbonyl (C=O) groups excluding carboxylic acids is 2. The molecule has 0 aromatic rings. The van der Waals surface area contributed by atoms with E-state index in [1.807, 2.05) is 22.6 Å². The van der Waals surface area contributed by atoms with E-state index in [-0.39, 0.29) is 21.8 Å². The number of ether oxygens (including phenoxy) is 3. The fraction of sp³-hybridized carbons (Fsp3) is 0.684. The van der Waals surface area contributed by atoms with Gasteiger partial charge in [-0.1, -0.05) is 41.3 Å². The van der Waals surface area contributed by atoms with Crippen molar-refractivity contribution in [3.05, 3.63) is 24.3 Å². The van der Waals surface area contributed by atoms with Gasteiger partial charge in [0.15, 0.2) is 5.60 Å². The SMILES string of the molecule is C=C1C(=O)O[C@H]2[C@H]1[C@@H](OC(=O)[C@](C)(O)CI)CC(=C)[C@@H]1C[C@H](O)[C@]3(CO3)[C@H]21. The van der Waals surface area contributed by atoms with Crippen LogP contribution < -0.4 is 0 Å². The van der Waals surface area contributed by atoms with Crippen molar-refractivity contribution >= 4 is 34.5 Å². The summed E-state index contributed by atoms with van der Waals surface area (Å²) in [5.41, 5.74) is -1.27. The average Bonchev–Trinajstić information content (AvgIpc) is 3.29. The molecule has 148 valence electrons. The van der Waals surface area contributed by atoms with Gasteiger partial charge in [0.1, 0.15) is 17.8 Å². The zero-order valence-electron chi connectivity index (χ0n) is 15.0. The van der Waals surface area contributed by atoms with E-state index in [1.165, 1.54) is 6.92 Å². The molecule has 0 amide bonds. The third kappa shape index (κ3) is 2.79. The molecule has 0 bridgehead atoms. The summed E-state index contributed by atoms with van der Waals surface area (Å²) in [6.07, 6.45) is -1.15. The maximum Gasteiger partial charge on any atom is 0.338 e. The van der Waals surface area contributed by atoms with Crippen LogP contribution in [0.2, 0.25) is 0 Å². The van der Waals surface area contributed by atoms with E-state index in [0.717, 1.165) is 5.57 Å². The van der Waals surface area contributed by atoms with Crippen molar-refractivity contribution in [2.24, 2.45) is 17.8 Å². The average molecular weight is 490 g/mol. The molecule has 27 heavy (non-hydrogen) atoms. The Morgan fingerprint density at radius 3 is 2.74 bits per heavy atom. The van der Waals surface area contributed by atoms with Crippen LogP contribution in [0.15, 0.2) is 24.3 Å². The summed E-state index contributed by atoms with van der Waals surface area (Å²) in [6.45, 7) is 9.83. The molecule has 7 nitrogen and oxygen atoms in total. The highest BCUT2D eigenvalue weighted by Crippen LogP contribution is 2.60. The number of aliphatic hydroxyl groups excluding tert-OH is 1. The van der Waals surface area contributed by atoms with E-state index in [4.69, 9.17) is 14.2 Å². The smallest absolute Gasteiger partial charge is 0.338 e. The van der Waals surface area contributed by atoms with Crippen molar-refractivity contribution in [2.75, 3.05) is 11.0 Å². The predicted molar refractivity (Wildman–Crippen MR) is 102 cm³/mol. The zero-order valence-corrected chi connectivity index (χ0v) is 17.2. The molecule has 8 heteroatoms. The summed E-state index contributed by atoms with van der Waals surface area (Å²) in [7, 11) is 0. The number of hydrogen-bond donors (Lipinski definition) is 2. The molecule has 4 rings (SSSR count). The molecule has 0 aromatic heterocycles. The number of alkyl halides is 1. The third-order valence-electron chi connectivity index (χ3n) is 6.48. The van der Waals surface area contributed by atoms with Crippen molar-refractivity contribution in [3.8, 4) is 0 Å². The number of aliphatic hydroxyl groups is 2. The summed E-state index contributed by atoms with van der Waals surface area (Å²) >= 11 is 1.92. The summed E-state index contributed by atoms with van der Waals surface area (Å²) in [5, 5.41) is 20.7. The Kier molecular flexibility index (Phi) is 4.49. The van der Waals surface area contributed by atoms with Crippen LogP contribution in [0.25, 0.3) is 0 Å². The minimum atomic E-state index is -1.62. The summed E-state index contributed by atoms with van der Waals surface area (Å²) < 4.78 is 17.1. The highest BCUT2D eigenvalue weighted by molar-refractivity contribution is 14.1. The minimum Gasteiger partial charge on any atom is -0.459 e. The van der Waals surface area contributed by atoms with Crippen LogP contribution in [0.3, 0.4) is 0 Å². The van der Waals surface area contributed by atoms with Gasteiger partial charge >= 0.3 is 11.9 Å². The van der Waals surface area contributed by atoms with Crippen molar-refractivity contribution in [3.63, 3.8) is 0 Å². The van der Waals surface area contributed by atoms with Crippen molar-refractivity contribution in [1.82, 2.24) is 0 Å². The van der Waals surface area contributed by atoms with Gasteiger partial charge in [-0.15, -0.1) is 0 Å². The number of hydrogen-bond acceptors (Lipinski definition) is 7. The number of rotatable bonds is 3. The summed E-state index contributed by atoms with van der Waals surface area (Å²) in [5.74, 6) is -2.16. The van der Waals surface area contributed by atoms with E-state index in [9.17, 15) is 19.8 Å². The van der Waals surface area contributed by atoms with Crippen LogP contribution in [0, 0.1) is 17.8 Å². The number of halogens is 1. The number of esters is 2. The molecule has 2 heterocycles. The summed E-state index contributed by atoms with van der Waals surface area (Å²) in [4.78, 5) is 24.8. The largest absolute Gasteiger partial charge is 0.459 e. The highest BCUT2D eigenvalue weighted by Gasteiger charge is 2.71.